The molecule has 0 spiro atoms. The van der Waals surface area contributed by atoms with E-state index in [1.165, 1.54) is 12.1 Å². The highest BCUT2D eigenvalue weighted by Gasteiger charge is 2.27. The molecule has 1 atom stereocenters. The maximum atomic E-state index is 13.5. The minimum absolute atomic E-state index is 0.147. The molecule has 0 aromatic heterocycles. The van der Waals surface area contributed by atoms with Crippen molar-refractivity contribution in [2.75, 3.05) is 24.6 Å². The van der Waals surface area contributed by atoms with Crippen LogP contribution in [0.25, 0.3) is 0 Å². The number of morpholine rings is 1. The molecule has 0 saturated carbocycles. The standard InChI is InChI=1S/C16H14F2N2O3/c17-12-3-1-11(2-4-12)16-10-19(7-8-23-16)15-9-13(18)5-6-14(15)20(21)22/h1-6,9,16H,7-8,10H2. The molecular formula is C16H14F2N2O3. The van der Waals surface area contributed by atoms with Crippen LogP contribution in [0.4, 0.5) is 20.2 Å². The number of nitrogens with zero attached hydrogens (tertiary/aromatic N) is 2. The van der Waals surface area contributed by atoms with Gasteiger partial charge in [-0.25, -0.2) is 8.78 Å². The molecule has 2 aromatic carbocycles. The second-order valence-corrected chi connectivity index (χ2v) is 5.25. The van der Waals surface area contributed by atoms with Crippen molar-refractivity contribution in [3.05, 3.63) is 69.8 Å². The van der Waals surface area contributed by atoms with Crippen molar-refractivity contribution in [1.29, 1.82) is 0 Å². The molecule has 0 aliphatic carbocycles. The molecule has 120 valence electrons. The first-order valence-electron chi connectivity index (χ1n) is 7.10. The maximum absolute atomic E-state index is 13.5. The minimum Gasteiger partial charge on any atom is -0.370 e. The van der Waals surface area contributed by atoms with Gasteiger partial charge in [-0.05, 0) is 23.8 Å². The van der Waals surface area contributed by atoms with Crippen LogP contribution in [0, 0.1) is 21.7 Å². The van der Waals surface area contributed by atoms with E-state index in [-0.39, 0.29) is 23.3 Å². The molecule has 7 heteroatoms. The third-order valence-corrected chi connectivity index (χ3v) is 3.78. The largest absolute Gasteiger partial charge is 0.370 e. The summed E-state index contributed by atoms with van der Waals surface area (Å²) >= 11 is 0. The summed E-state index contributed by atoms with van der Waals surface area (Å²) in [5.74, 6) is -0.877. The Bertz CT molecular complexity index is 722. The van der Waals surface area contributed by atoms with Crippen LogP contribution in [0.5, 0.6) is 0 Å². The van der Waals surface area contributed by atoms with Crippen LogP contribution in [-0.4, -0.2) is 24.6 Å². The number of nitro groups is 1. The summed E-state index contributed by atoms with van der Waals surface area (Å²) in [5.41, 5.74) is 0.853. The summed E-state index contributed by atoms with van der Waals surface area (Å²) < 4.78 is 32.2. The number of ether oxygens (including phenoxy) is 1. The fraction of sp³-hybridized carbons (Fsp3) is 0.250. The van der Waals surface area contributed by atoms with E-state index in [9.17, 15) is 18.9 Å². The first-order valence-corrected chi connectivity index (χ1v) is 7.10. The molecule has 5 nitrogen and oxygen atoms in total. The van der Waals surface area contributed by atoms with E-state index < -0.39 is 10.7 Å². The third kappa shape index (κ3) is 3.29. The molecule has 0 amide bonds. The molecule has 1 aliphatic rings. The zero-order chi connectivity index (χ0) is 16.4. The first-order chi connectivity index (χ1) is 11.0. The molecule has 1 heterocycles. The van der Waals surface area contributed by atoms with Gasteiger partial charge in [-0.15, -0.1) is 0 Å². The lowest BCUT2D eigenvalue weighted by molar-refractivity contribution is -0.384. The number of halogens is 2. The molecule has 1 aliphatic heterocycles. The predicted octanol–water partition coefficient (Wildman–Crippen LogP) is 3.45. The summed E-state index contributed by atoms with van der Waals surface area (Å²) in [4.78, 5) is 12.3. The van der Waals surface area contributed by atoms with Crippen molar-refractivity contribution in [2.24, 2.45) is 0 Å². The summed E-state index contributed by atoms with van der Waals surface area (Å²) in [6.45, 7) is 1.09. The van der Waals surface area contributed by atoms with Gasteiger partial charge in [0, 0.05) is 25.2 Å². The molecule has 3 rings (SSSR count). The van der Waals surface area contributed by atoms with Gasteiger partial charge in [-0.2, -0.15) is 0 Å². The second-order valence-electron chi connectivity index (χ2n) is 5.25. The van der Waals surface area contributed by atoms with E-state index in [2.05, 4.69) is 0 Å². The maximum Gasteiger partial charge on any atom is 0.292 e. The lowest BCUT2D eigenvalue weighted by Crippen LogP contribution is -2.38. The Kier molecular flexibility index (Phi) is 4.20. The second kappa shape index (κ2) is 6.29. The molecule has 0 bridgehead atoms. The lowest BCUT2D eigenvalue weighted by Gasteiger charge is -2.34. The van der Waals surface area contributed by atoms with Crippen LogP contribution in [0.2, 0.25) is 0 Å². The topological polar surface area (TPSA) is 55.6 Å². The zero-order valence-corrected chi connectivity index (χ0v) is 12.1. The first kappa shape index (κ1) is 15.4. The number of benzene rings is 2. The molecule has 2 aromatic rings. The van der Waals surface area contributed by atoms with Gasteiger partial charge >= 0.3 is 0 Å². The van der Waals surface area contributed by atoms with Crippen LogP contribution < -0.4 is 4.90 Å². The van der Waals surface area contributed by atoms with Crippen molar-refractivity contribution >= 4 is 11.4 Å². The van der Waals surface area contributed by atoms with Gasteiger partial charge in [0.1, 0.15) is 23.4 Å². The number of rotatable bonds is 3. The normalized spacial score (nSPS) is 18.0. The van der Waals surface area contributed by atoms with Crippen molar-refractivity contribution < 1.29 is 18.4 Å². The highest BCUT2D eigenvalue weighted by atomic mass is 19.1. The van der Waals surface area contributed by atoms with Crippen LogP contribution in [-0.2, 0) is 4.74 Å². The Morgan fingerprint density at radius 1 is 1.13 bits per heavy atom. The van der Waals surface area contributed by atoms with Gasteiger partial charge in [-0.1, -0.05) is 12.1 Å². The van der Waals surface area contributed by atoms with Gasteiger partial charge in [0.25, 0.3) is 5.69 Å². The molecular weight excluding hydrogens is 306 g/mol. The Morgan fingerprint density at radius 3 is 2.52 bits per heavy atom. The monoisotopic (exact) mass is 320 g/mol. The summed E-state index contributed by atoms with van der Waals surface area (Å²) in [7, 11) is 0. The van der Waals surface area contributed by atoms with Crippen LogP contribution >= 0.6 is 0 Å². The summed E-state index contributed by atoms with van der Waals surface area (Å²) in [6, 6.07) is 9.29. The molecule has 23 heavy (non-hydrogen) atoms. The van der Waals surface area contributed by atoms with E-state index in [4.69, 9.17) is 4.74 Å². The number of anilines is 1. The molecule has 1 saturated heterocycles. The van der Waals surface area contributed by atoms with Gasteiger partial charge in [0.05, 0.1) is 11.5 Å². The Hall–Kier alpha value is -2.54. The van der Waals surface area contributed by atoms with Crippen LogP contribution in [0.15, 0.2) is 42.5 Å². The van der Waals surface area contributed by atoms with E-state index >= 15 is 0 Å². The Morgan fingerprint density at radius 2 is 1.83 bits per heavy atom. The fourth-order valence-corrected chi connectivity index (χ4v) is 2.65. The average molecular weight is 320 g/mol. The van der Waals surface area contributed by atoms with Crippen molar-refractivity contribution in [1.82, 2.24) is 0 Å². The number of nitro benzene ring substituents is 1. The van der Waals surface area contributed by atoms with Gasteiger partial charge in [0.2, 0.25) is 0 Å². The van der Waals surface area contributed by atoms with Crippen LogP contribution in [0.1, 0.15) is 11.7 Å². The fourth-order valence-electron chi connectivity index (χ4n) is 2.65. The molecule has 1 fully saturated rings. The lowest BCUT2D eigenvalue weighted by atomic mass is 10.1. The van der Waals surface area contributed by atoms with E-state index in [0.717, 1.165) is 23.8 Å². The summed E-state index contributed by atoms with van der Waals surface area (Å²) in [6.07, 6.45) is -0.354. The van der Waals surface area contributed by atoms with Crippen LogP contribution in [0.3, 0.4) is 0 Å². The average Bonchev–Trinajstić information content (AvgIpc) is 2.55. The van der Waals surface area contributed by atoms with E-state index in [0.29, 0.717) is 19.7 Å². The van der Waals surface area contributed by atoms with Gasteiger partial charge in [0.15, 0.2) is 0 Å². The SMILES string of the molecule is O=[N+]([O-])c1ccc(F)cc1N1CCOC(c2ccc(F)cc2)C1. The van der Waals surface area contributed by atoms with Crippen molar-refractivity contribution in [2.45, 2.75) is 6.10 Å². The number of hydrogen-bond donors (Lipinski definition) is 0. The van der Waals surface area contributed by atoms with Crippen molar-refractivity contribution in [3.8, 4) is 0 Å². The predicted molar refractivity (Wildman–Crippen MR) is 80.4 cm³/mol. The van der Waals surface area contributed by atoms with Gasteiger partial charge < -0.3 is 9.64 Å². The minimum atomic E-state index is -0.532. The zero-order valence-electron chi connectivity index (χ0n) is 12.1. The van der Waals surface area contributed by atoms with Gasteiger partial charge in [-0.3, -0.25) is 10.1 Å². The highest BCUT2D eigenvalue weighted by Crippen LogP contribution is 2.33. The molecule has 0 radical (unpaired) electrons. The van der Waals surface area contributed by atoms with E-state index in [1.807, 2.05) is 0 Å². The van der Waals surface area contributed by atoms with E-state index in [1.54, 1.807) is 17.0 Å². The molecule has 1 unspecified atom stereocenters. The Labute approximate surface area is 131 Å². The quantitative estimate of drug-likeness (QED) is 0.642. The Balaban J connectivity index is 1.88. The summed E-state index contributed by atoms with van der Waals surface area (Å²) in [5, 5.41) is 11.1. The third-order valence-electron chi connectivity index (χ3n) is 3.78. The molecule has 0 N–H and O–H groups in total. The number of hydrogen-bond acceptors (Lipinski definition) is 4. The smallest absolute Gasteiger partial charge is 0.292 e. The highest BCUT2D eigenvalue weighted by molar-refractivity contribution is 5.63. The van der Waals surface area contributed by atoms with Crippen molar-refractivity contribution in [3.63, 3.8) is 0 Å².